The van der Waals surface area contributed by atoms with Crippen molar-refractivity contribution in [3.8, 4) is 5.75 Å². The van der Waals surface area contributed by atoms with Crippen LogP contribution < -0.4 is 20.9 Å². The zero-order valence-corrected chi connectivity index (χ0v) is 22.7. The fraction of sp³-hybridized carbons (Fsp3) is 0.522. The van der Waals surface area contributed by atoms with Crippen LogP contribution in [0.5, 0.6) is 5.75 Å². The highest BCUT2D eigenvalue weighted by molar-refractivity contribution is 7.52. The Morgan fingerprint density at radius 1 is 1.26 bits per heavy atom. The molecule has 210 valence electrons. The number of esters is 1. The number of nitrogens with one attached hydrogen (secondary N) is 2. The molecule has 0 saturated carbocycles. The number of alkyl halides is 2. The molecule has 15 heteroatoms. The van der Waals surface area contributed by atoms with Gasteiger partial charge in [0.1, 0.15) is 35.5 Å². The number of rotatable bonds is 11. The summed E-state index contributed by atoms with van der Waals surface area (Å²) in [4.78, 5) is 36.0. The van der Waals surface area contributed by atoms with Gasteiger partial charge in [0.15, 0.2) is 6.23 Å². The van der Waals surface area contributed by atoms with E-state index in [-0.39, 0.29) is 5.75 Å². The summed E-state index contributed by atoms with van der Waals surface area (Å²) in [6.07, 6.45) is -5.41. The second-order valence-corrected chi connectivity index (χ2v) is 11.4. The minimum Gasteiger partial charge on any atom is -0.462 e. The predicted octanol–water partition coefficient (Wildman–Crippen LogP) is 2.26. The van der Waals surface area contributed by atoms with Crippen molar-refractivity contribution < 1.29 is 37.4 Å². The number of carbonyl (C=O) groups excluding carboxylic acids is 1. The monoisotopic (exact) mass is 577 g/mol. The number of aliphatic hydroxyl groups excluding tert-OH is 1. The number of hydrogen-bond donors (Lipinski definition) is 3. The molecule has 3 rings (SSSR count). The number of nitrogens with zero attached hydrogens (tertiary/aromatic N) is 1. The van der Waals surface area contributed by atoms with Gasteiger partial charge in [0.25, 0.3) is 5.56 Å². The quantitative estimate of drug-likeness (QED) is 0.205. The maximum absolute atomic E-state index is 14.2. The number of ether oxygens (including phenoxy) is 2. The van der Waals surface area contributed by atoms with E-state index in [4.69, 9.17) is 30.1 Å². The smallest absolute Gasteiger partial charge is 0.459 e. The Bertz CT molecular complexity index is 1280. The van der Waals surface area contributed by atoms with Gasteiger partial charge < -0.3 is 19.1 Å². The molecule has 7 atom stereocenters. The average molecular weight is 578 g/mol. The molecule has 0 spiro atoms. The first kappa shape index (κ1) is 30.0. The van der Waals surface area contributed by atoms with Gasteiger partial charge in [-0.2, -0.15) is 5.09 Å². The van der Waals surface area contributed by atoms with Gasteiger partial charge in [-0.15, -0.1) is 11.6 Å². The van der Waals surface area contributed by atoms with Crippen LogP contribution in [0.3, 0.4) is 0 Å². The van der Waals surface area contributed by atoms with E-state index >= 15 is 0 Å². The first-order valence-electron chi connectivity index (χ1n) is 11.7. The van der Waals surface area contributed by atoms with Crippen LogP contribution in [-0.2, 0) is 23.4 Å². The van der Waals surface area contributed by atoms with Crippen LogP contribution >= 0.6 is 19.3 Å². The molecule has 1 saturated heterocycles. The van der Waals surface area contributed by atoms with Gasteiger partial charge in [-0.3, -0.25) is 23.7 Å². The SMILES string of the molecule is CC(C)OC(=O)[C@H](C)NP(=O)(Oc1ccccc1)O[C@@H](C)[C@H]1O[C@@H](n2ccc(=O)[nH]c2=O)[C@@](Cl)(CF)C1O. The summed E-state index contributed by atoms with van der Waals surface area (Å²) in [5.74, 6) is -0.582. The number of para-hydroxylation sites is 1. The lowest BCUT2D eigenvalue weighted by Gasteiger charge is -2.30. The molecule has 38 heavy (non-hydrogen) atoms. The van der Waals surface area contributed by atoms with Crippen molar-refractivity contribution in [2.24, 2.45) is 0 Å². The third-order valence-corrected chi connectivity index (χ3v) is 7.88. The van der Waals surface area contributed by atoms with E-state index in [9.17, 15) is 28.4 Å². The summed E-state index contributed by atoms with van der Waals surface area (Å²) >= 11 is 6.40. The van der Waals surface area contributed by atoms with Gasteiger partial charge in [0.2, 0.25) is 0 Å². The number of carbonyl (C=O) groups is 1. The van der Waals surface area contributed by atoms with E-state index in [1.165, 1.54) is 26.0 Å². The van der Waals surface area contributed by atoms with Crippen LogP contribution in [0, 0.1) is 0 Å². The highest BCUT2D eigenvalue weighted by Crippen LogP contribution is 2.50. The highest BCUT2D eigenvalue weighted by Gasteiger charge is 2.59. The molecule has 1 aliphatic rings. The number of aromatic nitrogens is 2. The van der Waals surface area contributed by atoms with Crippen LogP contribution in [0.2, 0.25) is 0 Å². The van der Waals surface area contributed by atoms with Gasteiger partial charge in [0, 0.05) is 12.3 Å². The molecule has 0 amide bonds. The number of hydrogen-bond acceptors (Lipinski definition) is 9. The molecule has 0 aliphatic carbocycles. The number of H-pyrrole nitrogens is 1. The maximum atomic E-state index is 14.2. The molecule has 12 nitrogen and oxygen atoms in total. The lowest BCUT2D eigenvalue weighted by atomic mass is 9.97. The Labute approximate surface area is 222 Å². The van der Waals surface area contributed by atoms with E-state index in [1.807, 2.05) is 4.98 Å². The van der Waals surface area contributed by atoms with Crippen molar-refractivity contribution in [2.45, 2.75) is 69.3 Å². The Kier molecular flexibility index (Phi) is 9.56. The van der Waals surface area contributed by atoms with E-state index < -0.39 is 73.2 Å². The summed E-state index contributed by atoms with van der Waals surface area (Å²) in [7, 11) is -4.38. The zero-order chi connectivity index (χ0) is 28.3. The van der Waals surface area contributed by atoms with Crippen LogP contribution in [0.1, 0.15) is 33.9 Å². The molecule has 1 fully saturated rings. The minimum absolute atomic E-state index is 0.140. The van der Waals surface area contributed by atoms with Gasteiger partial charge in [0.05, 0.1) is 12.2 Å². The van der Waals surface area contributed by atoms with Crippen molar-refractivity contribution in [3.63, 3.8) is 0 Å². The zero-order valence-electron chi connectivity index (χ0n) is 21.1. The fourth-order valence-corrected chi connectivity index (χ4v) is 5.75. The van der Waals surface area contributed by atoms with Crippen LogP contribution in [0.15, 0.2) is 52.2 Å². The first-order valence-corrected chi connectivity index (χ1v) is 13.6. The molecule has 2 unspecified atom stereocenters. The summed E-state index contributed by atoms with van der Waals surface area (Å²) in [6, 6.07) is 7.83. The molecule has 3 N–H and O–H groups in total. The summed E-state index contributed by atoms with van der Waals surface area (Å²) in [5.41, 5.74) is -1.65. The molecule has 0 radical (unpaired) electrons. The lowest BCUT2D eigenvalue weighted by Crippen LogP contribution is -2.48. The molecule has 1 aromatic heterocycles. The van der Waals surface area contributed by atoms with E-state index in [0.29, 0.717) is 0 Å². The van der Waals surface area contributed by atoms with Crippen molar-refractivity contribution >= 4 is 25.3 Å². The standard InChI is InChI=1S/C23H30ClFN3O9P/c1-13(2)34-20(31)14(3)27-38(33,37-16-8-6-5-7-9-16)36-15(4)18-19(30)23(24,12-25)21(35-18)28-11-10-17(29)26-22(28)32/h5-11,13-15,18-19,21,30H,12H2,1-4H3,(H,27,33)(H,26,29,32)/t14-,15-,18+,19?,21+,23+,38?/m0/s1. The lowest BCUT2D eigenvalue weighted by molar-refractivity contribution is -0.149. The summed E-state index contributed by atoms with van der Waals surface area (Å²) in [5, 5.41) is 13.4. The molecular formula is C23H30ClFN3O9P. The minimum atomic E-state index is -4.38. The van der Waals surface area contributed by atoms with Crippen molar-refractivity contribution in [2.75, 3.05) is 6.67 Å². The first-order chi connectivity index (χ1) is 17.8. The van der Waals surface area contributed by atoms with E-state index in [0.717, 1.165) is 16.8 Å². The Balaban J connectivity index is 1.89. The maximum Gasteiger partial charge on any atom is 0.459 e. The highest BCUT2D eigenvalue weighted by atomic mass is 35.5. The summed E-state index contributed by atoms with van der Waals surface area (Å²) < 4.78 is 51.0. The van der Waals surface area contributed by atoms with Crippen molar-refractivity contribution in [1.29, 1.82) is 0 Å². The van der Waals surface area contributed by atoms with E-state index in [2.05, 4.69) is 5.09 Å². The topological polar surface area (TPSA) is 158 Å². The van der Waals surface area contributed by atoms with Gasteiger partial charge in [-0.25, -0.2) is 13.8 Å². The van der Waals surface area contributed by atoms with E-state index in [1.54, 1.807) is 32.0 Å². The fourth-order valence-electron chi connectivity index (χ4n) is 3.78. The number of aromatic amines is 1. The molecule has 2 heterocycles. The normalized spacial score (nSPS) is 26.5. The molecule has 1 aliphatic heterocycles. The van der Waals surface area contributed by atoms with Crippen LogP contribution in [0.4, 0.5) is 4.39 Å². The molecule has 2 aromatic rings. The van der Waals surface area contributed by atoms with Crippen molar-refractivity contribution in [1.82, 2.24) is 14.6 Å². The van der Waals surface area contributed by atoms with Crippen LogP contribution in [0.25, 0.3) is 0 Å². The average Bonchev–Trinajstić information content (AvgIpc) is 3.10. The molecule has 0 bridgehead atoms. The second kappa shape index (κ2) is 12.1. The Morgan fingerprint density at radius 3 is 2.50 bits per heavy atom. The molecule has 1 aromatic carbocycles. The van der Waals surface area contributed by atoms with Gasteiger partial charge in [-0.1, -0.05) is 18.2 Å². The van der Waals surface area contributed by atoms with Crippen LogP contribution in [-0.4, -0.2) is 62.6 Å². The van der Waals surface area contributed by atoms with Crippen molar-refractivity contribution in [3.05, 3.63) is 63.4 Å². The van der Waals surface area contributed by atoms with Gasteiger partial charge in [-0.05, 0) is 39.8 Å². The predicted molar refractivity (Wildman–Crippen MR) is 135 cm³/mol. The molecular weight excluding hydrogens is 548 g/mol. The number of benzene rings is 1. The Morgan fingerprint density at radius 2 is 1.92 bits per heavy atom. The third-order valence-electron chi connectivity index (χ3n) is 5.60. The third kappa shape index (κ3) is 6.71. The largest absolute Gasteiger partial charge is 0.462 e. The number of halogens is 2. The Hall–Kier alpha value is -2.54. The number of aliphatic hydroxyl groups is 1. The van der Waals surface area contributed by atoms with Gasteiger partial charge >= 0.3 is 19.4 Å². The summed E-state index contributed by atoms with van der Waals surface area (Å²) in [6.45, 7) is 4.72. The second-order valence-electron chi connectivity index (χ2n) is 9.02.